The van der Waals surface area contributed by atoms with Gasteiger partial charge >= 0.3 is 0 Å². The van der Waals surface area contributed by atoms with E-state index in [-0.39, 0.29) is 17.0 Å². The summed E-state index contributed by atoms with van der Waals surface area (Å²) in [5.41, 5.74) is 2.50. The molecule has 0 radical (unpaired) electrons. The van der Waals surface area contributed by atoms with Gasteiger partial charge in [0, 0.05) is 19.3 Å². The van der Waals surface area contributed by atoms with Crippen LogP contribution in [0, 0.1) is 19.8 Å². The van der Waals surface area contributed by atoms with E-state index >= 15 is 0 Å². The van der Waals surface area contributed by atoms with Crippen LogP contribution in [-0.2, 0) is 6.42 Å². The largest absolute Gasteiger partial charge is 0.338 e. The Hall–Kier alpha value is -2.43. The SMILES string of the molecule is Cc1ncc(C(=O)N2CCC[C@@H](CCc3ccccc3C)C2)c(=O)[nH]1. The first kappa shape index (κ1) is 17.4. The molecule has 0 aliphatic carbocycles. The third kappa shape index (κ3) is 4.16. The molecule has 1 N–H and O–H groups in total. The Labute approximate surface area is 148 Å². The number of aromatic amines is 1. The molecule has 0 unspecified atom stereocenters. The van der Waals surface area contributed by atoms with Crippen LogP contribution < -0.4 is 5.56 Å². The third-order valence-corrected chi connectivity index (χ3v) is 5.05. The molecule has 1 aliphatic heterocycles. The molecule has 25 heavy (non-hydrogen) atoms. The minimum atomic E-state index is -0.348. The molecular weight excluding hydrogens is 314 g/mol. The summed E-state index contributed by atoms with van der Waals surface area (Å²) in [4.78, 5) is 33.2. The van der Waals surface area contributed by atoms with Crippen molar-refractivity contribution < 1.29 is 4.79 Å². The van der Waals surface area contributed by atoms with Crippen molar-refractivity contribution in [2.75, 3.05) is 13.1 Å². The van der Waals surface area contributed by atoms with E-state index < -0.39 is 0 Å². The zero-order valence-electron chi connectivity index (χ0n) is 14.9. The average molecular weight is 339 g/mol. The van der Waals surface area contributed by atoms with Crippen LogP contribution in [0.4, 0.5) is 0 Å². The highest BCUT2D eigenvalue weighted by atomic mass is 16.2. The predicted molar refractivity (Wildman–Crippen MR) is 97.7 cm³/mol. The van der Waals surface area contributed by atoms with Gasteiger partial charge in [0.05, 0.1) is 0 Å². The van der Waals surface area contributed by atoms with Crippen LogP contribution in [0.1, 0.15) is 46.6 Å². The number of hydrogen-bond donors (Lipinski definition) is 1. The number of carbonyl (C=O) groups is 1. The van der Waals surface area contributed by atoms with Crippen molar-refractivity contribution in [2.24, 2.45) is 5.92 Å². The standard InChI is InChI=1S/C20H25N3O2/c1-14-6-3-4-8-17(14)10-9-16-7-5-11-23(13-16)20(25)18-12-21-15(2)22-19(18)24/h3-4,6,8,12,16H,5,7,9-11,13H2,1-2H3,(H,21,22,24)/t16-/m0/s1. The molecule has 1 aromatic heterocycles. The van der Waals surface area contributed by atoms with Crippen LogP contribution in [0.15, 0.2) is 35.3 Å². The van der Waals surface area contributed by atoms with E-state index in [1.165, 1.54) is 17.3 Å². The molecule has 5 heteroatoms. The van der Waals surface area contributed by atoms with Gasteiger partial charge in [0.15, 0.2) is 0 Å². The highest BCUT2D eigenvalue weighted by Gasteiger charge is 2.26. The highest BCUT2D eigenvalue weighted by Crippen LogP contribution is 2.23. The summed E-state index contributed by atoms with van der Waals surface area (Å²) >= 11 is 0. The van der Waals surface area contributed by atoms with Gasteiger partial charge in [0.1, 0.15) is 11.4 Å². The third-order valence-electron chi connectivity index (χ3n) is 5.05. The normalized spacial score (nSPS) is 17.5. The Kier molecular flexibility index (Phi) is 5.31. The number of aromatic nitrogens is 2. The quantitative estimate of drug-likeness (QED) is 0.931. The van der Waals surface area contributed by atoms with Crippen molar-refractivity contribution in [3.05, 3.63) is 63.3 Å². The highest BCUT2D eigenvalue weighted by molar-refractivity contribution is 5.93. The van der Waals surface area contributed by atoms with E-state index in [0.29, 0.717) is 18.3 Å². The molecule has 2 heterocycles. The minimum Gasteiger partial charge on any atom is -0.338 e. The second kappa shape index (κ2) is 7.64. The van der Waals surface area contributed by atoms with E-state index in [1.807, 2.05) is 4.90 Å². The van der Waals surface area contributed by atoms with Crippen molar-refractivity contribution in [1.82, 2.24) is 14.9 Å². The summed E-state index contributed by atoms with van der Waals surface area (Å²) in [6.07, 6.45) is 5.62. The molecule has 1 aliphatic rings. The topological polar surface area (TPSA) is 66.1 Å². The molecule has 5 nitrogen and oxygen atoms in total. The molecule has 1 aromatic carbocycles. The van der Waals surface area contributed by atoms with Crippen LogP contribution in [0.5, 0.6) is 0 Å². The van der Waals surface area contributed by atoms with E-state index in [9.17, 15) is 9.59 Å². The lowest BCUT2D eigenvalue weighted by atomic mass is 9.90. The number of likely N-dealkylation sites (tertiary alicyclic amines) is 1. The maximum atomic E-state index is 12.7. The van der Waals surface area contributed by atoms with E-state index in [4.69, 9.17) is 0 Å². The van der Waals surface area contributed by atoms with Crippen LogP contribution >= 0.6 is 0 Å². The number of aryl methyl sites for hydroxylation is 3. The average Bonchev–Trinajstić information content (AvgIpc) is 2.61. The molecule has 1 amide bonds. The van der Waals surface area contributed by atoms with Gasteiger partial charge in [0.25, 0.3) is 11.5 Å². The van der Waals surface area contributed by atoms with Crippen LogP contribution in [0.25, 0.3) is 0 Å². The molecule has 132 valence electrons. The van der Waals surface area contributed by atoms with Gasteiger partial charge < -0.3 is 9.88 Å². The summed E-state index contributed by atoms with van der Waals surface area (Å²) in [6.45, 7) is 5.28. The summed E-state index contributed by atoms with van der Waals surface area (Å²) in [7, 11) is 0. The first-order valence-corrected chi connectivity index (χ1v) is 8.94. The zero-order chi connectivity index (χ0) is 17.8. The number of benzene rings is 1. The van der Waals surface area contributed by atoms with Crippen molar-refractivity contribution in [1.29, 1.82) is 0 Å². The minimum absolute atomic E-state index is 0.144. The summed E-state index contributed by atoms with van der Waals surface area (Å²) < 4.78 is 0. The number of amides is 1. The number of nitrogens with zero attached hydrogens (tertiary/aromatic N) is 2. The number of H-pyrrole nitrogens is 1. The molecule has 2 aromatic rings. The van der Waals surface area contributed by atoms with Gasteiger partial charge in [-0.2, -0.15) is 0 Å². The Morgan fingerprint density at radius 2 is 2.12 bits per heavy atom. The smallest absolute Gasteiger partial charge is 0.263 e. The van der Waals surface area contributed by atoms with Gasteiger partial charge in [-0.25, -0.2) is 4.98 Å². The summed E-state index contributed by atoms with van der Waals surface area (Å²) in [5, 5.41) is 0. The van der Waals surface area contributed by atoms with Crippen molar-refractivity contribution >= 4 is 5.91 Å². The Bertz CT molecular complexity index is 813. The van der Waals surface area contributed by atoms with Crippen LogP contribution in [-0.4, -0.2) is 33.9 Å². The first-order valence-electron chi connectivity index (χ1n) is 8.94. The van der Waals surface area contributed by atoms with Gasteiger partial charge in [0.2, 0.25) is 0 Å². The zero-order valence-corrected chi connectivity index (χ0v) is 14.9. The molecule has 0 bridgehead atoms. The number of nitrogens with one attached hydrogen (secondary N) is 1. The van der Waals surface area contributed by atoms with Gasteiger partial charge in [-0.15, -0.1) is 0 Å². The van der Waals surface area contributed by atoms with E-state index in [2.05, 4.69) is 41.2 Å². The maximum Gasteiger partial charge on any atom is 0.263 e. The van der Waals surface area contributed by atoms with Crippen molar-refractivity contribution in [3.63, 3.8) is 0 Å². The maximum absolute atomic E-state index is 12.7. The summed E-state index contributed by atoms with van der Waals surface area (Å²) in [5.74, 6) is 0.806. The Morgan fingerprint density at radius 3 is 2.88 bits per heavy atom. The first-order chi connectivity index (χ1) is 12.0. The second-order valence-corrected chi connectivity index (χ2v) is 6.94. The van der Waals surface area contributed by atoms with Gasteiger partial charge in [-0.05, 0) is 56.6 Å². The molecule has 3 rings (SSSR count). The lowest BCUT2D eigenvalue weighted by Crippen LogP contribution is -2.42. The van der Waals surface area contributed by atoms with Crippen LogP contribution in [0.2, 0.25) is 0 Å². The molecule has 0 spiro atoms. The Morgan fingerprint density at radius 1 is 1.32 bits per heavy atom. The molecule has 0 saturated carbocycles. The fraction of sp³-hybridized carbons (Fsp3) is 0.450. The number of piperidine rings is 1. The molecule has 1 saturated heterocycles. The summed E-state index contributed by atoms with van der Waals surface area (Å²) in [6, 6.07) is 8.46. The predicted octanol–water partition coefficient (Wildman–Crippen LogP) is 2.87. The van der Waals surface area contributed by atoms with Crippen molar-refractivity contribution in [3.8, 4) is 0 Å². The number of rotatable bonds is 4. The molecular formula is C20H25N3O2. The van der Waals surface area contributed by atoms with Gasteiger partial charge in [-0.3, -0.25) is 9.59 Å². The van der Waals surface area contributed by atoms with Crippen LogP contribution in [0.3, 0.4) is 0 Å². The molecule has 1 fully saturated rings. The Balaban J connectivity index is 1.63. The van der Waals surface area contributed by atoms with Gasteiger partial charge in [-0.1, -0.05) is 24.3 Å². The van der Waals surface area contributed by atoms with E-state index in [1.54, 1.807) is 6.92 Å². The lowest BCUT2D eigenvalue weighted by Gasteiger charge is -2.32. The number of carbonyl (C=O) groups excluding carboxylic acids is 1. The monoisotopic (exact) mass is 339 g/mol. The fourth-order valence-electron chi connectivity index (χ4n) is 3.54. The van der Waals surface area contributed by atoms with E-state index in [0.717, 1.165) is 32.2 Å². The number of hydrogen-bond acceptors (Lipinski definition) is 3. The lowest BCUT2D eigenvalue weighted by molar-refractivity contribution is 0.0666. The van der Waals surface area contributed by atoms with Crippen molar-refractivity contribution in [2.45, 2.75) is 39.5 Å². The molecule has 1 atom stereocenters. The second-order valence-electron chi connectivity index (χ2n) is 6.94. The fourth-order valence-corrected chi connectivity index (χ4v) is 3.54.